The number of halogens is 2. The number of methoxy groups -OCH3 is 2. The summed E-state index contributed by atoms with van der Waals surface area (Å²) in [6.45, 7) is 2.73. The molecule has 1 unspecified atom stereocenters. The van der Waals surface area contributed by atoms with E-state index in [1.54, 1.807) is 19.4 Å². The summed E-state index contributed by atoms with van der Waals surface area (Å²) in [4.78, 5) is 17.5. The van der Waals surface area contributed by atoms with Gasteiger partial charge < -0.3 is 14.5 Å². The Kier molecular flexibility index (Phi) is 11.4. The second-order valence-electron chi connectivity index (χ2n) is 5.65. The summed E-state index contributed by atoms with van der Waals surface area (Å²) in [5.74, 6) is 0.369. The summed E-state index contributed by atoms with van der Waals surface area (Å²) in [5, 5.41) is 0. The number of nitrogens with one attached hydrogen (secondary N) is 1. The van der Waals surface area contributed by atoms with E-state index in [0.717, 1.165) is 38.2 Å². The Morgan fingerprint density at radius 3 is 2.74 bits per heavy atom. The zero-order chi connectivity index (χ0) is 15.1. The minimum absolute atomic E-state index is 0. The van der Waals surface area contributed by atoms with Crippen LogP contribution in [0, 0.1) is 0 Å². The van der Waals surface area contributed by atoms with Gasteiger partial charge in [-0.3, -0.25) is 9.69 Å². The molecule has 1 aliphatic rings. The number of aromatic amines is 1. The molecule has 0 spiro atoms. The van der Waals surface area contributed by atoms with Gasteiger partial charge in [-0.25, -0.2) is 0 Å². The third-order valence-electron chi connectivity index (χ3n) is 4.17. The van der Waals surface area contributed by atoms with Crippen molar-refractivity contribution in [2.75, 3.05) is 27.4 Å². The minimum atomic E-state index is -0.0563. The van der Waals surface area contributed by atoms with E-state index in [-0.39, 0.29) is 30.2 Å². The number of hydrogen-bond acceptors (Lipinski definition) is 4. The van der Waals surface area contributed by atoms with Crippen molar-refractivity contribution in [1.82, 2.24) is 9.88 Å². The molecule has 0 radical (unpaired) electrons. The Balaban J connectivity index is 0.00000242. The van der Waals surface area contributed by atoms with Crippen LogP contribution in [-0.4, -0.2) is 43.3 Å². The van der Waals surface area contributed by atoms with Gasteiger partial charge in [0.2, 0.25) is 5.43 Å². The van der Waals surface area contributed by atoms with E-state index in [4.69, 9.17) is 9.47 Å². The first kappa shape index (κ1) is 22.2. The third-order valence-corrected chi connectivity index (χ3v) is 4.17. The van der Waals surface area contributed by atoms with E-state index in [2.05, 4.69) is 9.88 Å². The maximum absolute atomic E-state index is 11.8. The van der Waals surface area contributed by atoms with Gasteiger partial charge in [0, 0.05) is 44.3 Å². The van der Waals surface area contributed by atoms with Crippen LogP contribution < -0.4 is 10.2 Å². The highest BCUT2D eigenvalue weighted by molar-refractivity contribution is 5.85. The van der Waals surface area contributed by atoms with Gasteiger partial charge >= 0.3 is 0 Å². The number of ether oxygens (including phenoxy) is 2. The van der Waals surface area contributed by atoms with E-state index < -0.39 is 0 Å². The van der Waals surface area contributed by atoms with E-state index in [1.807, 2.05) is 0 Å². The molecule has 1 N–H and O–H groups in total. The summed E-state index contributed by atoms with van der Waals surface area (Å²) in [7, 11) is 3.27. The van der Waals surface area contributed by atoms with Crippen LogP contribution in [-0.2, 0) is 11.3 Å². The second kappa shape index (κ2) is 11.7. The maximum atomic E-state index is 11.8. The molecule has 0 aliphatic carbocycles. The van der Waals surface area contributed by atoms with Gasteiger partial charge in [-0.2, -0.15) is 0 Å². The van der Waals surface area contributed by atoms with Crippen molar-refractivity contribution in [3.05, 3.63) is 28.2 Å². The van der Waals surface area contributed by atoms with Crippen molar-refractivity contribution in [1.29, 1.82) is 0 Å². The normalized spacial score (nSPS) is 17.9. The molecule has 7 heteroatoms. The summed E-state index contributed by atoms with van der Waals surface area (Å²) in [6.07, 6.45) is 7.69. The summed E-state index contributed by atoms with van der Waals surface area (Å²) in [5.41, 5.74) is 0.902. The van der Waals surface area contributed by atoms with Crippen LogP contribution in [0.25, 0.3) is 0 Å². The number of hydrogen-bond donors (Lipinski definition) is 1. The molecule has 1 fully saturated rings. The van der Waals surface area contributed by atoms with Crippen LogP contribution in [0.1, 0.15) is 37.8 Å². The average molecular weight is 367 g/mol. The molecule has 5 nitrogen and oxygen atoms in total. The fraction of sp³-hybridized carbons (Fsp3) is 0.688. The van der Waals surface area contributed by atoms with Crippen molar-refractivity contribution in [3.63, 3.8) is 0 Å². The first-order chi connectivity index (χ1) is 10.2. The van der Waals surface area contributed by atoms with Gasteiger partial charge in [0.1, 0.15) is 0 Å². The smallest absolute Gasteiger partial charge is 0.223 e. The predicted octanol–water partition coefficient (Wildman–Crippen LogP) is 3.01. The standard InChI is InChI=1S/C16H26N2O3.2ClH/c1-20-9-5-7-14-6-3-4-8-18(14)12-13-10-15(19)16(21-2)11-17-13;;/h10-11,14H,3-9,12H2,1-2H3,(H,17,19);2*1H. The van der Waals surface area contributed by atoms with E-state index in [1.165, 1.54) is 26.4 Å². The Morgan fingerprint density at radius 2 is 2.09 bits per heavy atom. The Labute approximate surface area is 150 Å². The zero-order valence-corrected chi connectivity index (χ0v) is 15.5. The monoisotopic (exact) mass is 366 g/mol. The summed E-state index contributed by atoms with van der Waals surface area (Å²) in [6, 6.07) is 2.25. The van der Waals surface area contributed by atoms with E-state index >= 15 is 0 Å². The number of likely N-dealkylation sites (tertiary alicyclic amines) is 1. The molecular weight excluding hydrogens is 339 g/mol. The molecule has 2 heterocycles. The van der Waals surface area contributed by atoms with Crippen LogP contribution in [0.4, 0.5) is 0 Å². The van der Waals surface area contributed by atoms with Crippen LogP contribution in [0.15, 0.2) is 17.1 Å². The lowest BCUT2D eigenvalue weighted by molar-refractivity contribution is 0.115. The van der Waals surface area contributed by atoms with Crippen molar-refractivity contribution in [2.24, 2.45) is 0 Å². The molecule has 134 valence electrons. The lowest BCUT2D eigenvalue weighted by atomic mass is 9.98. The van der Waals surface area contributed by atoms with Crippen LogP contribution in [0.2, 0.25) is 0 Å². The van der Waals surface area contributed by atoms with Crippen molar-refractivity contribution in [2.45, 2.75) is 44.7 Å². The van der Waals surface area contributed by atoms with E-state index in [0.29, 0.717) is 11.8 Å². The molecule has 1 aromatic heterocycles. The Bertz CT molecular complexity index is 496. The lowest BCUT2D eigenvalue weighted by Crippen LogP contribution is -2.39. The van der Waals surface area contributed by atoms with Gasteiger partial charge in [0.05, 0.1) is 7.11 Å². The topological polar surface area (TPSA) is 54.6 Å². The van der Waals surface area contributed by atoms with Gasteiger partial charge in [-0.05, 0) is 32.2 Å². The number of aromatic nitrogens is 1. The highest BCUT2D eigenvalue weighted by atomic mass is 35.5. The molecule has 1 aromatic rings. The van der Waals surface area contributed by atoms with Crippen molar-refractivity contribution >= 4 is 24.8 Å². The molecule has 0 aromatic carbocycles. The SMILES string of the molecule is COCCCC1CCCCN1Cc1cc(=O)c(OC)c[nH]1.Cl.Cl. The number of rotatable bonds is 7. The zero-order valence-electron chi connectivity index (χ0n) is 13.9. The molecule has 0 saturated carbocycles. The van der Waals surface area contributed by atoms with Gasteiger partial charge in [0.25, 0.3) is 0 Å². The number of pyridine rings is 1. The molecule has 1 aliphatic heterocycles. The van der Waals surface area contributed by atoms with Crippen LogP contribution in [0.3, 0.4) is 0 Å². The van der Waals surface area contributed by atoms with Gasteiger partial charge in [-0.1, -0.05) is 6.42 Å². The molecule has 1 atom stereocenters. The second-order valence-corrected chi connectivity index (χ2v) is 5.65. The highest BCUT2D eigenvalue weighted by Crippen LogP contribution is 2.22. The molecule has 0 bridgehead atoms. The molecule has 23 heavy (non-hydrogen) atoms. The Hall–Kier alpha value is -0.750. The molecule has 1 saturated heterocycles. The lowest BCUT2D eigenvalue weighted by Gasteiger charge is -2.35. The number of piperidine rings is 1. The van der Waals surface area contributed by atoms with Gasteiger partial charge in [0.15, 0.2) is 5.75 Å². The number of nitrogens with zero attached hydrogens (tertiary/aromatic N) is 1. The summed E-state index contributed by atoms with van der Waals surface area (Å²) >= 11 is 0. The van der Waals surface area contributed by atoms with Gasteiger partial charge in [-0.15, -0.1) is 24.8 Å². The van der Waals surface area contributed by atoms with Crippen LogP contribution in [0.5, 0.6) is 5.75 Å². The molecule has 0 amide bonds. The predicted molar refractivity (Wildman–Crippen MR) is 97.3 cm³/mol. The quantitative estimate of drug-likeness (QED) is 0.753. The molecule has 2 rings (SSSR count). The fourth-order valence-electron chi connectivity index (χ4n) is 3.03. The van der Waals surface area contributed by atoms with Crippen molar-refractivity contribution in [3.8, 4) is 5.75 Å². The average Bonchev–Trinajstić information content (AvgIpc) is 2.49. The molecular formula is C16H28Cl2N2O3. The fourth-order valence-corrected chi connectivity index (χ4v) is 3.03. The first-order valence-corrected chi connectivity index (χ1v) is 7.73. The first-order valence-electron chi connectivity index (χ1n) is 7.73. The van der Waals surface area contributed by atoms with E-state index in [9.17, 15) is 4.79 Å². The number of H-pyrrole nitrogens is 1. The Morgan fingerprint density at radius 1 is 1.30 bits per heavy atom. The minimum Gasteiger partial charge on any atom is -0.491 e. The highest BCUT2D eigenvalue weighted by Gasteiger charge is 2.22. The third kappa shape index (κ3) is 6.71. The van der Waals surface area contributed by atoms with Crippen molar-refractivity contribution < 1.29 is 9.47 Å². The largest absolute Gasteiger partial charge is 0.491 e. The summed E-state index contributed by atoms with van der Waals surface area (Å²) < 4.78 is 10.2. The van der Waals surface area contributed by atoms with Crippen LogP contribution >= 0.6 is 24.8 Å². The maximum Gasteiger partial charge on any atom is 0.223 e.